The minimum atomic E-state index is -1.56. The van der Waals surface area contributed by atoms with Gasteiger partial charge in [0.1, 0.15) is 18.2 Å². The maximum Gasteiger partial charge on any atom is 0.245 e. The van der Waals surface area contributed by atoms with E-state index in [1.54, 1.807) is 6.07 Å². The molecule has 1 saturated heterocycles. The van der Waals surface area contributed by atoms with Gasteiger partial charge in [-0.3, -0.25) is 9.52 Å². The maximum atomic E-state index is 13.1. The van der Waals surface area contributed by atoms with Gasteiger partial charge in [0.25, 0.3) is 0 Å². The highest BCUT2D eigenvalue weighted by Crippen LogP contribution is 2.31. The zero-order valence-electron chi connectivity index (χ0n) is 18.1. The molecule has 0 aromatic heterocycles. The van der Waals surface area contributed by atoms with E-state index in [1.165, 1.54) is 6.42 Å². The third-order valence-corrected chi connectivity index (χ3v) is 6.71. The largest absolute Gasteiger partial charge is 0.491 e. The lowest BCUT2D eigenvalue weighted by Gasteiger charge is -2.38. The van der Waals surface area contributed by atoms with Crippen molar-refractivity contribution in [3.8, 4) is 5.75 Å². The fraction of sp³-hybridized carbons (Fsp3) is 0.636. The van der Waals surface area contributed by atoms with Crippen molar-refractivity contribution < 1.29 is 13.7 Å². The van der Waals surface area contributed by atoms with Gasteiger partial charge >= 0.3 is 0 Å². The lowest BCUT2D eigenvalue weighted by molar-refractivity contribution is -0.141. The quantitative estimate of drug-likeness (QED) is 0.754. The van der Waals surface area contributed by atoms with Crippen LogP contribution < -0.4 is 15.2 Å². The van der Waals surface area contributed by atoms with Crippen molar-refractivity contribution >= 4 is 28.6 Å². The Bertz CT molecular complexity index is 793. The number of anilines is 1. The average molecular weight is 435 g/mol. The van der Waals surface area contributed by atoms with Crippen LogP contribution in [0.4, 0.5) is 5.69 Å². The van der Waals surface area contributed by atoms with Gasteiger partial charge < -0.3 is 15.4 Å². The van der Waals surface area contributed by atoms with E-state index in [4.69, 9.17) is 10.5 Å². The minimum Gasteiger partial charge on any atom is -0.491 e. The molecule has 7 nitrogen and oxygen atoms in total. The van der Waals surface area contributed by atoms with Gasteiger partial charge in [-0.2, -0.15) is 4.40 Å². The third-order valence-electron chi connectivity index (χ3n) is 5.96. The third kappa shape index (κ3) is 5.14. The van der Waals surface area contributed by atoms with E-state index < -0.39 is 11.2 Å². The number of hydrogen-bond acceptors (Lipinski definition) is 4. The number of likely N-dealkylation sites (tertiary alicyclic amines) is 1. The molecule has 1 aromatic carbocycles. The number of hydrogen-bond donors (Lipinski definition) is 2. The highest BCUT2D eigenvalue weighted by atomic mass is 32.2. The first-order valence-electron chi connectivity index (χ1n) is 11.2. The SMILES string of the molecule is CC.NC1=NS(=O)Nc2cccc(OCC3CCCCN3C(=O)C3CCCCC3)c21. The zero-order valence-corrected chi connectivity index (χ0v) is 18.9. The van der Waals surface area contributed by atoms with Gasteiger partial charge in [-0.1, -0.05) is 39.2 Å². The molecule has 2 unspecified atom stereocenters. The van der Waals surface area contributed by atoms with Crippen molar-refractivity contribution in [2.75, 3.05) is 17.9 Å². The summed E-state index contributed by atoms with van der Waals surface area (Å²) in [6.45, 7) is 5.26. The smallest absolute Gasteiger partial charge is 0.245 e. The molecule has 2 atom stereocenters. The minimum absolute atomic E-state index is 0.0860. The molecule has 166 valence electrons. The highest BCUT2D eigenvalue weighted by Gasteiger charge is 2.33. The molecule has 1 amide bonds. The Balaban J connectivity index is 0.00000124. The van der Waals surface area contributed by atoms with Crippen LogP contribution in [0.2, 0.25) is 0 Å². The number of amidine groups is 1. The van der Waals surface area contributed by atoms with Gasteiger partial charge in [0.15, 0.2) is 0 Å². The molecule has 1 aliphatic carbocycles. The lowest BCUT2D eigenvalue weighted by atomic mass is 9.87. The number of piperidine rings is 1. The number of carbonyl (C=O) groups excluding carboxylic acids is 1. The summed E-state index contributed by atoms with van der Waals surface area (Å²) in [5.41, 5.74) is 7.29. The molecule has 3 aliphatic rings. The first-order chi connectivity index (χ1) is 14.6. The molecule has 0 spiro atoms. The number of nitrogens with two attached hydrogens (primary N) is 1. The van der Waals surface area contributed by atoms with Crippen LogP contribution in [-0.4, -0.2) is 40.0 Å². The molecule has 3 N–H and O–H groups in total. The molecule has 2 aliphatic heterocycles. The average Bonchev–Trinajstić information content (AvgIpc) is 2.79. The second kappa shape index (κ2) is 10.8. The number of rotatable bonds is 4. The van der Waals surface area contributed by atoms with Crippen molar-refractivity contribution in [1.29, 1.82) is 0 Å². The van der Waals surface area contributed by atoms with Crippen molar-refractivity contribution in [3.05, 3.63) is 23.8 Å². The summed E-state index contributed by atoms with van der Waals surface area (Å²) in [6.07, 6.45) is 8.74. The van der Waals surface area contributed by atoms with Gasteiger partial charge in [0.2, 0.25) is 17.1 Å². The van der Waals surface area contributed by atoms with Crippen LogP contribution in [0.25, 0.3) is 0 Å². The molecular weight excluding hydrogens is 400 g/mol. The molecule has 4 rings (SSSR count). The number of nitrogens with one attached hydrogen (secondary N) is 1. The summed E-state index contributed by atoms with van der Waals surface area (Å²) in [6, 6.07) is 5.57. The Kier molecular flexibility index (Phi) is 8.13. The predicted molar refractivity (Wildman–Crippen MR) is 122 cm³/mol. The molecular formula is C22H34N4O3S. The Morgan fingerprint density at radius 3 is 2.70 bits per heavy atom. The molecule has 8 heteroatoms. The Hall–Kier alpha value is -2.09. The molecule has 2 heterocycles. The summed E-state index contributed by atoms with van der Waals surface area (Å²) in [5, 5.41) is 0. The van der Waals surface area contributed by atoms with E-state index in [2.05, 4.69) is 14.0 Å². The second-order valence-electron chi connectivity index (χ2n) is 7.83. The summed E-state index contributed by atoms with van der Waals surface area (Å²) in [5.74, 6) is 1.31. The van der Waals surface area contributed by atoms with Crippen molar-refractivity contribution in [2.24, 2.45) is 16.0 Å². The number of fused-ring (bicyclic) bond motifs is 1. The molecule has 0 bridgehead atoms. The van der Waals surface area contributed by atoms with Crippen molar-refractivity contribution in [2.45, 2.75) is 71.3 Å². The van der Waals surface area contributed by atoms with Gasteiger partial charge in [-0.15, -0.1) is 0 Å². The van der Waals surface area contributed by atoms with E-state index in [9.17, 15) is 9.00 Å². The van der Waals surface area contributed by atoms with E-state index in [1.807, 2.05) is 26.0 Å². The van der Waals surface area contributed by atoms with E-state index in [0.717, 1.165) is 51.5 Å². The topological polar surface area (TPSA) is 97.0 Å². The van der Waals surface area contributed by atoms with Crippen LogP contribution in [0.3, 0.4) is 0 Å². The number of ether oxygens (including phenoxy) is 1. The van der Waals surface area contributed by atoms with Gasteiger partial charge in [0, 0.05) is 12.5 Å². The second-order valence-corrected chi connectivity index (χ2v) is 8.72. The summed E-state index contributed by atoms with van der Waals surface area (Å²) >= 11 is -1.56. The highest BCUT2D eigenvalue weighted by molar-refractivity contribution is 7.85. The normalized spacial score (nSPS) is 23.9. The Labute approximate surface area is 182 Å². The lowest BCUT2D eigenvalue weighted by Crippen LogP contribution is -2.49. The first-order valence-corrected chi connectivity index (χ1v) is 12.3. The van der Waals surface area contributed by atoms with Crippen molar-refractivity contribution in [3.63, 3.8) is 0 Å². The van der Waals surface area contributed by atoms with Crippen LogP contribution in [0.1, 0.15) is 70.8 Å². The Morgan fingerprint density at radius 1 is 1.20 bits per heavy atom. The molecule has 30 heavy (non-hydrogen) atoms. The fourth-order valence-electron chi connectivity index (χ4n) is 4.49. The van der Waals surface area contributed by atoms with Crippen LogP contribution in [-0.2, 0) is 16.0 Å². The summed E-state index contributed by atoms with van der Waals surface area (Å²) in [7, 11) is 0. The Morgan fingerprint density at radius 2 is 1.93 bits per heavy atom. The molecule has 2 fully saturated rings. The zero-order chi connectivity index (χ0) is 21.5. The van der Waals surface area contributed by atoms with Gasteiger partial charge in [-0.25, -0.2) is 4.21 Å². The fourth-order valence-corrected chi connectivity index (χ4v) is 5.16. The van der Waals surface area contributed by atoms with Crippen LogP contribution in [0, 0.1) is 5.92 Å². The number of amides is 1. The summed E-state index contributed by atoms with van der Waals surface area (Å²) < 4.78 is 24.5. The van der Waals surface area contributed by atoms with Gasteiger partial charge in [-0.05, 0) is 44.2 Å². The predicted octanol–water partition coefficient (Wildman–Crippen LogP) is 3.76. The van der Waals surface area contributed by atoms with Crippen molar-refractivity contribution in [1.82, 2.24) is 4.90 Å². The van der Waals surface area contributed by atoms with Crippen LogP contribution in [0.15, 0.2) is 22.6 Å². The molecule has 1 saturated carbocycles. The standard InChI is InChI=1S/C20H28N4O3S.C2H6/c21-19-18-16(22-28(26)23-19)10-6-11-17(18)27-13-15-9-4-5-12-24(15)20(25)14-7-2-1-3-8-14;1-2/h6,10-11,14-15,22H,1-5,7-9,12-13H2,(H2,21,23);1-2H3. The van der Waals surface area contributed by atoms with Crippen LogP contribution in [0.5, 0.6) is 5.75 Å². The first kappa shape index (κ1) is 22.6. The van der Waals surface area contributed by atoms with E-state index >= 15 is 0 Å². The molecule has 0 radical (unpaired) electrons. The number of nitrogens with zero attached hydrogens (tertiary/aromatic N) is 2. The maximum absolute atomic E-state index is 13.1. The van der Waals surface area contributed by atoms with E-state index in [-0.39, 0.29) is 17.8 Å². The van der Waals surface area contributed by atoms with Crippen LogP contribution >= 0.6 is 0 Å². The summed E-state index contributed by atoms with van der Waals surface area (Å²) in [4.78, 5) is 15.1. The number of benzene rings is 1. The van der Waals surface area contributed by atoms with E-state index in [0.29, 0.717) is 29.5 Å². The molecule has 1 aromatic rings. The monoisotopic (exact) mass is 434 g/mol. The number of carbonyl (C=O) groups is 1. The van der Waals surface area contributed by atoms with Gasteiger partial charge in [0.05, 0.1) is 17.3 Å².